The molecular formula is C22H26ClF3N4O. The Balaban J connectivity index is 1.55. The lowest BCUT2D eigenvalue weighted by Crippen LogP contribution is -2.50. The second kappa shape index (κ2) is 9.87. The number of rotatable bonds is 6. The highest BCUT2D eigenvalue weighted by Crippen LogP contribution is 2.33. The average Bonchev–Trinajstić information content (AvgIpc) is 2.72. The molecule has 9 heteroatoms. The molecule has 0 aliphatic carbocycles. The molecule has 2 heterocycles. The smallest absolute Gasteiger partial charge is 0.353 e. The molecule has 0 spiro atoms. The zero-order valence-corrected chi connectivity index (χ0v) is 18.2. The van der Waals surface area contributed by atoms with E-state index in [1.165, 1.54) is 0 Å². The van der Waals surface area contributed by atoms with Crippen LogP contribution in [0, 0.1) is 5.92 Å². The largest absolute Gasteiger partial charge is 0.417 e. The molecule has 1 aliphatic rings. The van der Waals surface area contributed by atoms with Crippen molar-refractivity contribution in [1.82, 2.24) is 15.2 Å². The van der Waals surface area contributed by atoms with Crippen LogP contribution in [0.1, 0.15) is 31.0 Å². The Kier molecular flexibility index (Phi) is 7.43. The number of pyridine rings is 1. The summed E-state index contributed by atoms with van der Waals surface area (Å²) in [5, 5.41) is 3.09. The quantitative estimate of drug-likeness (QED) is 0.703. The van der Waals surface area contributed by atoms with Gasteiger partial charge in [-0.3, -0.25) is 9.69 Å². The molecule has 0 bridgehead atoms. The summed E-state index contributed by atoms with van der Waals surface area (Å²) in [6.45, 7) is 6.62. The van der Waals surface area contributed by atoms with E-state index in [1.54, 1.807) is 0 Å². The Morgan fingerprint density at radius 2 is 1.81 bits per heavy atom. The number of benzene rings is 1. The van der Waals surface area contributed by atoms with E-state index in [1.807, 2.05) is 40.1 Å². The SMILES string of the molecule is CC(C)C(NC(=O)CN1CCN(c2ncc(C(F)(F)F)cc2Cl)CC1)c1ccccc1. The fourth-order valence-electron chi connectivity index (χ4n) is 3.65. The van der Waals surface area contributed by atoms with Gasteiger partial charge in [-0.1, -0.05) is 55.8 Å². The van der Waals surface area contributed by atoms with E-state index in [9.17, 15) is 18.0 Å². The summed E-state index contributed by atoms with van der Waals surface area (Å²) in [6.07, 6.45) is -3.68. The van der Waals surface area contributed by atoms with Gasteiger partial charge in [-0.25, -0.2) is 4.98 Å². The molecule has 1 unspecified atom stereocenters. The van der Waals surface area contributed by atoms with E-state index in [-0.39, 0.29) is 29.4 Å². The first-order valence-corrected chi connectivity index (χ1v) is 10.6. The van der Waals surface area contributed by atoms with Gasteiger partial charge in [-0.05, 0) is 17.5 Å². The van der Waals surface area contributed by atoms with Crippen LogP contribution < -0.4 is 10.2 Å². The number of anilines is 1. The van der Waals surface area contributed by atoms with Crippen LogP contribution in [0.4, 0.5) is 19.0 Å². The summed E-state index contributed by atoms with van der Waals surface area (Å²) < 4.78 is 38.4. The number of hydrogen-bond acceptors (Lipinski definition) is 4. The standard InChI is InChI=1S/C22H26ClF3N4O/c1-15(2)20(16-6-4-3-5-7-16)28-19(31)14-29-8-10-30(11-9-29)21-18(23)12-17(13-27-21)22(24,25)26/h3-7,12-13,15,20H,8-11,14H2,1-2H3,(H,28,31). The molecule has 1 aromatic carbocycles. The van der Waals surface area contributed by atoms with Crippen LogP contribution >= 0.6 is 11.6 Å². The molecule has 168 valence electrons. The van der Waals surface area contributed by atoms with Gasteiger partial charge in [0.15, 0.2) is 0 Å². The van der Waals surface area contributed by atoms with Gasteiger partial charge < -0.3 is 10.2 Å². The van der Waals surface area contributed by atoms with Crippen molar-refractivity contribution in [1.29, 1.82) is 0 Å². The Bertz CT molecular complexity index is 884. The summed E-state index contributed by atoms with van der Waals surface area (Å²) >= 11 is 6.05. The molecule has 1 aromatic heterocycles. The van der Waals surface area contributed by atoms with Crippen LogP contribution in [0.3, 0.4) is 0 Å². The number of carbonyl (C=O) groups is 1. The third-order valence-electron chi connectivity index (χ3n) is 5.33. The molecule has 1 fully saturated rings. The van der Waals surface area contributed by atoms with Crippen molar-refractivity contribution >= 4 is 23.3 Å². The fraction of sp³-hybridized carbons (Fsp3) is 0.455. The summed E-state index contributed by atoms with van der Waals surface area (Å²) in [5.74, 6) is 0.528. The highest BCUT2D eigenvalue weighted by Gasteiger charge is 2.32. The molecule has 1 N–H and O–H groups in total. The lowest BCUT2D eigenvalue weighted by molar-refractivity contribution is -0.137. The maximum atomic E-state index is 12.8. The van der Waals surface area contributed by atoms with E-state index < -0.39 is 11.7 Å². The molecule has 2 aromatic rings. The van der Waals surface area contributed by atoms with Crippen LogP contribution in [-0.2, 0) is 11.0 Å². The fourth-order valence-corrected chi connectivity index (χ4v) is 3.94. The first-order valence-electron chi connectivity index (χ1n) is 10.2. The number of hydrogen-bond donors (Lipinski definition) is 1. The maximum absolute atomic E-state index is 12.8. The minimum atomic E-state index is -4.48. The zero-order chi connectivity index (χ0) is 22.6. The van der Waals surface area contributed by atoms with Crippen molar-refractivity contribution in [2.75, 3.05) is 37.6 Å². The van der Waals surface area contributed by atoms with Crippen molar-refractivity contribution in [3.63, 3.8) is 0 Å². The van der Waals surface area contributed by atoms with Crippen LogP contribution in [0.2, 0.25) is 5.02 Å². The van der Waals surface area contributed by atoms with E-state index in [2.05, 4.69) is 24.1 Å². The molecular weight excluding hydrogens is 429 g/mol. The van der Waals surface area contributed by atoms with E-state index in [0.29, 0.717) is 32.0 Å². The minimum absolute atomic E-state index is 0.0244. The van der Waals surface area contributed by atoms with Gasteiger partial charge >= 0.3 is 6.18 Å². The van der Waals surface area contributed by atoms with Gasteiger partial charge in [-0.2, -0.15) is 13.2 Å². The lowest BCUT2D eigenvalue weighted by Gasteiger charge is -2.35. The predicted octanol–water partition coefficient (Wildman–Crippen LogP) is 4.39. The molecule has 31 heavy (non-hydrogen) atoms. The van der Waals surface area contributed by atoms with Gasteiger partial charge in [0, 0.05) is 32.4 Å². The number of alkyl halides is 3. The number of aromatic nitrogens is 1. The van der Waals surface area contributed by atoms with E-state index in [4.69, 9.17) is 11.6 Å². The molecule has 1 aliphatic heterocycles. The Labute approximate surface area is 185 Å². The molecule has 0 saturated carbocycles. The molecule has 0 radical (unpaired) electrons. The maximum Gasteiger partial charge on any atom is 0.417 e. The lowest BCUT2D eigenvalue weighted by atomic mass is 9.96. The van der Waals surface area contributed by atoms with Crippen LogP contribution in [0.5, 0.6) is 0 Å². The normalized spacial score (nSPS) is 16.4. The number of amides is 1. The van der Waals surface area contributed by atoms with Gasteiger partial charge in [0.05, 0.1) is 23.2 Å². The number of nitrogens with one attached hydrogen (secondary N) is 1. The van der Waals surface area contributed by atoms with Crippen LogP contribution in [-0.4, -0.2) is 48.5 Å². The first kappa shape index (κ1) is 23.3. The van der Waals surface area contributed by atoms with Crippen LogP contribution in [0.15, 0.2) is 42.6 Å². The Hall–Kier alpha value is -2.32. The van der Waals surface area contributed by atoms with Crippen molar-refractivity contribution in [2.45, 2.75) is 26.1 Å². The monoisotopic (exact) mass is 454 g/mol. The second-order valence-corrected chi connectivity index (χ2v) is 8.40. The zero-order valence-electron chi connectivity index (χ0n) is 17.5. The van der Waals surface area contributed by atoms with Gasteiger partial charge in [0.1, 0.15) is 5.82 Å². The van der Waals surface area contributed by atoms with Gasteiger partial charge in [0.2, 0.25) is 5.91 Å². The van der Waals surface area contributed by atoms with Crippen molar-refractivity contribution in [2.24, 2.45) is 5.92 Å². The third kappa shape index (κ3) is 6.11. The number of carbonyl (C=O) groups excluding carboxylic acids is 1. The Morgan fingerprint density at radius 3 is 2.35 bits per heavy atom. The molecule has 1 saturated heterocycles. The van der Waals surface area contributed by atoms with Gasteiger partial charge in [-0.15, -0.1) is 0 Å². The minimum Gasteiger partial charge on any atom is -0.353 e. The summed E-state index contributed by atoms with van der Waals surface area (Å²) in [4.78, 5) is 20.4. The molecule has 1 atom stereocenters. The summed E-state index contributed by atoms with van der Waals surface area (Å²) in [5.41, 5.74) is 0.202. The first-order chi connectivity index (χ1) is 14.6. The predicted molar refractivity (Wildman–Crippen MR) is 115 cm³/mol. The summed E-state index contributed by atoms with van der Waals surface area (Å²) in [7, 11) is 0. The number of piperazine rings is 1. The molecule has 5 nitrogen and oxygen atoms in total. The molecule has 1 amide bonds. The second-order valence-electron chi connectivity index (χ2n) is 7.99. The number of halogens is 4. The highest BCUT2D eigenvalue weighted by atomic mass is 35.5. The topological polar surface area (TPSA) is 48.5 Å². The third-order valence-corrected chi connectivity index (χ3v) is 5.61. The van der Waals surface area contributed by atoms with Crippen molar-refractivity contribution in [3.8, 4) is 0 Å². The summed E-state index contributed by atoms with van der Waals surface area (Å²) in [6, 6.07) is 10.7. The molecule has 3 rings (SSSR count). The average molecular weight is 455 g/mol. The van der Waals surface area contributed by atoms with Crippen molar-refractivity contribution in [3.05, 3.63) is 58.7 Å². The van der Waals surface area contributed by atoms with Crippen molar-refractivity contribution < 1.29 is 18.0 Å². The van der Waals surface area contributed by atoms with E-state index >= 15 is 0 Å². The van der Waals surface area contributed by atoms with E-state index in [0.717, 1.165) is 17.8 Å². The number of nitrogens with zero attached hydrogens (tertiary/aromatic N) is 3. The van der Waals surface area contributed by atoms with Gasteiger partial charge in [0.25, 0.3) is 0 Å². The van der Waals surface area contributed by atoms with Crippen LogP contribution in [0.25, 0.3) is 0 Å². The highest BCUT2D eigenvalue weighted by molar-refractivity contribution is 6.33. The Morgan fingerprint density at radius 1 is 1.16 bits per heavy atom.